The van der Waals surface area contributed by atoms with Crippen LogP contribution in [0.5, 0.6) is 5.75 Å². The van der Waals surface area contributed by atoms with Gasteiger partial charge in [-0.15, -0.1) is 0 Å². The van der Waals surface area contributed by atoms with E-state index in [0.717, 1.165) is 11.1 Å². The van der Waals surface area contributed by atoms with E-state index in [9.17, 15) is 9.59 Å². The molecule has 1 fully saturated rings. The molecule has 0 unspecified atom stereocenters. The lowest BCUT2D eigenvalue weighted by molar-refractivity contribution is -0.121. The third-order valence-electron chi connectivity index (χ3n) is 5.03. The largest absolute Gasteiger partial charge is 0.482 e. The van der Waals surface area contributed by atoms with Gasteiger partial charge in [0, 0.05) is 0 Å². The van der Waals surface area contributed by atoms with E-state index in [0.29, 0.717) is 27.2 Å². The molecule has 0 aromatic heterocycles. The first-order chi connectivity index (χ1) is 14.2. The van der Waals surface area contributed by atoms with Crippen molar-refractivity contribution in [2.45, 2.75) is 32.7 Å². The van der Waals surface area contributed by atoms with Crippen molar-refractivity contribution in [1.82, 2.24) is 5.32 Å². The number of thioether (sulfide) groups is 1. The quantitative estimate of drug-likeness (QED) is 0.569. The minimum absolute atomic E-state index is 0.0139. The van der Waals surface area contributed by atoms with Gasteiger partial charge in [-0.25, -0.2) is 0 Å². The Kier molecular flexibility index (Phi) is 5.42. The van der Waals surface area contributed by atoms with Crippen LogP contribution in [0.1, 0.15) is 37.5 Å². The van der Waals surface area contributed by atoms with Crippen molar-refractivity contribution in [3.8, 4) is 5.75 Å². The predicted molar refractivity (Wildman–Crippen MR) is 125 cm³/mol. The number of benzene rings is 2. The standard InChI is InChI=1S/C23H22N2O3S2/c1-23(2,3)16-7-4-14(5-8-16)12-25-17-10-15(6-9-18(17)28-13-20(25)26)11-19-21(27)24-22(29)30-19/h4-11H,12-13H2,1-3H3,(H,24,27,29). The summed E-state index contributed by atoms with van der Waals surface area (Å²) in [5.41, 5.74) is 3.88. The first-order valence-electron chi connectivity index (χ1n) is 9.62. The van der Waals surface area contributed by atoms with Gasteiger partial charge in [0.25, 0.3) is 11.8 Å². The summed E-state index contributed by atoms with van der Waals surface area (Å²) >= 11 is 6.28. The second-order valence-corrected chi connectivity index (χ2v) is 10.0. The third kappa shape index (κ3) is 4.27. The number of rotatable bonds is 3. The van der Waals surface area contributed by atoms with Crippen LogP contribution in [0.3, 0.4) is 0 Å². The van der Waals surface area contributed by atoms with Gasteiger partial charge in [-0.3, -0.25) is 9.59 Å². The summed E-state index contributed by atoms with van der Waals surface area (Å²) < 4.78 is 6.06. The number of hydrogen-bond acceptors (Lipinski definition) is 5. The zero-order valence-corrected chi connectivity index (χ0v) is 18.7. The molecule has 0 atom stereocenters. The van der Waals surface area contributed by atoms with Crippen molar-refractivity contribution in [3.63, 3.8) is 0 Å². The molecule has 5 nitrogen and oxygen atoms in total. The Labute approximate surface area is 185 Å². The summed E-state index contributed by atoms with van der Waals surface area (Å²) in [5, 5.41) is 2.61. The third-order valence-corrected chi connectivity index (χ3v) is 6.19. The summed E-state index contributed by atoms with van der Waals surface area (Å²) in [7, 11) is 0. The van der Waals surface area contributed by atoms with Crippen LogP contribution in [0.25, 0.3) is 6.08 Å². The lowest BCUT2D eigenvalue weighted by Crippen LogP contribution is -2.38. The van der Waals surface area contributed by atoms with Crippen LogP contribution < -0.4 is 15.0 Å². The maximum atomic E-state index is 12.6. The highest BCUT2D eigenvalue weighted by Gasteiger charge is 2.27. The van der Waals surface area contributed by atoms with E-state index in [4.69, 9.17) is 17.0 Å². The molecule has 2 amide bonds. The van der Waals surface area contributed by atoms with E-state index in [-0.39, 0.29) is 23.8 Å². The normalized spacial score (nSPS) is 17.8. The van der Waals surface area contributed by atoms with Crippen LogP contribution in [-0.2, 0) is 21.5 Å². The summed E-state index contributed by atoms with van der Waals surface area (Å²) in [6.45, 7) is 7.00. The maximum absolute atomic E-state index is 12.6. The lowest BCUT2D eigenvalue weighted by atomic mass is 9.87. The molecule has 2 aliphatic rings. The highest BCUT2D eigenvalue weighted by atomic mass is 32.2. The number of fused-ring (bicyclic) bond motifs is 1. The molecule has 0 bridgehead atoms. The fourth-order valence-electron chi connectivity index (χ4n) is 3.35. The van der Waals surface area contributed by atoms with Crippen LogP contribution in [0.4, 0.5) is 5.69 Å². The van der Waals surface area contributed by atoms with E-state index in [1.165, 1.54) is 17.3 Å². The molecule has 2 aliphatic heterocycles. The number of hydrogen-bond donors (Lipinski definition) is 1. The Morgan fingerprint density at radius 3 is 2.53 bits per heavy atom. The smallest absolute Gasteiger partial charge is 0.265 e. The van der Waals surface area contributed by atoms with Gasteiger partial charge in [-0.1, -0.05) is 75.1 Å². The number of ether oxygens (including phenoxy) is 1. The monoisotopic (exact) mass is 438 g/mol. The van der Waals surface area contributed by atoms with Crippen molar-refractivity contribution >= 4 is 51.9 Å². The molecule has 2 aromatic rings. The molecule has 1 saturated heterocycles. The molecule has 0 aliphatic carbocycles. The van der Waals surface area contributed by atoms with Crippen LogP contribution in [0.2, 0.25) is 0 Å². The fraction of sp³-hybridized carbons (Fsp3) is 0.261. The van der Waals surface area contributed by atoms with Crippen molar-refractivity contribution in [2.24, 2.45) is 0 Å². The Bertz CT molecular complexity index is 1070. The average molecular weight is 439 g/mol. The van der Waals surface area contributed by atoms with Crippen molar-refractivity contribution < 1.29 is 14.3 Å². The molecule has 1 N–H and O–H groups in total. The average Bonchev–Trinajstić information content (AvgIpc) is 3.00. The van der Waals surface area contributed by atoms with E-state index in [1.807, 2.05) is 18.2 Å². The summed E-state index contributed by atoms with van der Waals surface area (Å²) in [6, 6.07) is 13.9. The Morgan fingerprint density at radius 2 is 1.90 bits per heavy atom. The number of carbonyl (C=O) groups is 2. The Balaban J connectivity index is 1.63. The molecule has 0 saturated carbocycles. The fourth-order valence-corrected chi connectivity index (χ4v) is 4.39. The van der Waals surface area contributed by atoms with Gasteiger partial charge in [0.2, 0.25) is 0 Å². The molecule has 7 heteroatoms. The van der Waals surface area contributed by atoms with Crippen LogP contribution >= 0.6 is 24.0 Å². The van der Waals surface area contributed by atoms with Gasteiger partial charge in [0.05, 0.1) is 17.1 Å². The van der Waals surface area contributed by atoms with E-state index < -0.39 is 0 Å². The molecular weight excluding hydrogens is 416 g/mol. The Hall–Kier alpha value is -2.64. The van der Waals surface area contributed by atoms with E-state index in [2.05, 4.69) is 50.4 Å². The molecule has 0 radical (unpaired) electrons. The van der Waals surface area contributed by atoms with Crippen LogP contribution in [-0.4, -0.2) is 22.7 Å². The van der Waals surface area contributed by atoms with Crippen molar-refractivity contribution in [3.05, 3.63) is 64.1 Å². The predicted octanol–water partition coefficient (Wildman–Crippen LogP) is 4.40. The molecular formula is C23H22N2O3S2. The number of amides is 2. The lowest BCUT2D eigenvalue weighted by Gasteiger charge is -2.30. The second-order valence-electron chi connectivity index (χ2n) is 8.29. The molecule has 154 valence electrons. The summed E-state index contributed by atoms with van der Waals surface area (Å²) in [5.74, 6) is 0.356. The minimum atomic E-state index is -0.203. The molecule has 30 heavy (non-hydrogen) atoms. The number of thiocarbonyl (C=S) groups is 1. The SMILES string of the molecule is CC(C)(C)c1ccc(CN2C(=O)COc3ccc(C=C4SC(=S)NC4=O)cc32)cc1. The number of nitrogens with zero attached hydrogens (tertiary/aromatic N) is 1. The Morgan fingerprint density at radius 1 is 1.17 bits per heavy atom. The van der Waals surface area contributed by atoms with Crippen LogP contribution in [0.15, 0.2) is 47.4 Å². The number of anilines is 1. The maximum Gasteiger partial charge on any atom is 0.265 e. The van der Waals surface area contributed by atoms with E-state index in [1.54, 1.807) is 11.0 Å². The number of carbonyl (C=O) groups excluding carboxylic acids is 2. The highest BCUT2D eigenvalue weighted by Crippen LogP contribution is 2.36. The van der Waals surface area contributed by atoms with Gasteiger partial charge >= 0.3 is 0 Å². The first kappa shape index (κ1) is 20.6. The zero-order chi connectivity index (χ0) is 21.5. The summed E-state index contributed by atoms with van der Waals surface area (Å²) in [6.07, 6.45) is 1.77. The van der Waals surface area contributed by atoms with Crippen LogP contribution in [0, 0.1) is 0 Å². The van der Waals surface area contributed by atoms with Gasteiger partial charge in [0.1, 0.15) is 10.1 Å². The second kappa shape index (κ2) is 7.89. The first-order valence-corrected chi connectivity index (χ1v) is 10.8. The minimum Gasteiger partial charge on any atom is -0.482 e. The van der Waals surface area contributed by atoms with Crippen molar-refractivity contribution in [1.29, 1.82) is 0 Å². The van der Waals surface area contributed by atoms with E-state index >= 15 is 0 Å². The summed E-state index contributed by atoms with van der Waals surface area (Å²) in [4.78, 5) is 26.9. The molecule has 2 aromatic carbocycles. The van der Waals surface area contributed by atoms with Gasteiger partial charge in [0.15, 0.2) is 6.61 Å². The van der Waals surface area contributed by atoms with Gasteiger partial charge < -0.3 is 15.0 Å². The number of nitrogens with one attached hydrogen (secondary N) is 1. The molecule has 4 rings (SSSR count). The highest BCUT2D eigenvalue weighted by molar-refractivity contribution is 8.26. The zero-order valence-electron chi connectivity index (χ0n) is 17.0. The van der Waals surface area contributed by atoms with Gasteiger partial charge in [-0.05, 0) is 40.3 Å². The topological polar surface area (TPSA) is 58.6 Å². The van der Waals surface area contributed by atoms with Crippen molar-refractivity contribution in [2.75, 3.05) is 11.5 Å². The van der Waals surface area contributed by atoms with Gasteiger partial charge in [-0.2, -0.15) is 0 Å². The molecule has 0 spiro atoms. The molecule has 2 heterocycles.